The third-order valence-electron chi connectivity index (χ3n) is 5.34. The van der Waals surface area contributed by atoms with Crippen molar-refractivity contribution in [2.75, 3.05) is 26.2 Å². The predicted molar refractivity (Wildman–Crippen MR) is 75.6 cm³/mol. The standard InChI is InChI=1S/C15H29N3/c1-3-17(9-13-4-5-13)15(10-16)8-12(2)18(11-15)14-6-7-14/h12-14H,3-11,16H2,1-2H3. The van der Waals surface area contributed by atoms with Gasteiger partial charge < -0.3 is 5.73 Å². The summed E-state index contributed by atoms with van der Waals surface area (Å²) in [5.74, 6) is 0.971. The lowest BCUT2D eigenvalue weighted by Crippen LogP contribution is -2.56. The SMILES string of the molecule is CCN(CC1CC1)C1(CN)CC(C)N(C2CC2)C1. The molecule has 3 heteroatoms. The summed E-state index contributed by atoms with van der Waals surface area (Å²) >= 11 is 0. The van der Waals surface area contributed by atoms with Crippen LogP contribution in [0.2, 0.25) is 0 Å². The van der Waals surface area contributed by atoms with Gasteiger partial charge >= 0.3 is 0 Å². The first-order chi connectivity index (χ1) is 8.68. The molecule has 0 aromatic rings. The molecular weight excluding hydrogens is 222 g/mol. The molecule has 3 aliphatic rings. The molecule has 2 unspecified atom stereocenters. The Morgan fingerprint density at radius 1 is 1.28 bits per heavy atom. The quantitative estimate of drug-likeness (QED) is 0.779. The lowest BCUT2D eigenvalue weighted by Gasteiger charge is -2.40. The molecule has 18 heavy (non-hydrogen) atoms. The van der Waals surface area contributed by atoms with Crippen LogP contribution in [-0.4, -0.2) is 53.6 Å². The van der Waals surface area contributed by atoms with Crippen molar-refractivity contribution in [2.24, 2.45) is 11.7 Å². The van der Waals surface area contributed by atoms with E-state index in [4.69, 9.17) is 5.73 Å². The van der Waals surface area contributed by atoms with Gasteiger partial charge in [0.15, 0.2) is 0 Å². The third-order valence-corrected chi connectivity index (χ3v) is 5.34. The molecule has 0 radical (unpaired) electrons. The summed E-state index contributed by atoms with van der Waals surface area (Å²) in [4.78, 5) is 5.45. The Labute approximate surface area is 112 Å². The Hall–Kier alpha value is -0.120. The van der Waals surface area contributed by atoms with Crippen molar-refractivity contribution in [1.29, 1.82) is 0 Å². The molecule has 2 aliphatic carbocycles. The van der Waals surface area contributed by atoms with Crippen LogP contribution in [0.15, 0.2) is 0 Å². The first kappa shape index (κ1) is 12.9. The van der Waals surface area contributed by atoms with Crippen LogP contribution in [0.1, 0.15) is 46.0 Å². The van der Waals surface area contributed by atoms with Crippen LogP contribution in [-0.2, 0) is 0 Å². The van der Waals surface area contributed by atoms with Crippen molar-refractivity contribution in [3.05, 3.63) is 0 Å². The third kappa shape index (κ3) is 2.33. The number of nitrogens with two attached hydrogens (primary N) is 1. The first-order valence-electron chi connectivity index (χ1n) is 7.89. The van der Waals surface area contributed by atoms with Gasteiger partial charge in [0.25, 0.3) is 0 Å². The molecule has 1 heterocycles. The van der Waals surface area contributed by atoms with Crippen molar-refractivity contribution >= 4 is 0 Å². The highest BCUT2D eigenvalue weighted by Gasteiger charge is 2.49. The molecular formula is C15H29N3. The molecule has 1 aliphatic heterocycles. The van der Waals surface area contributed by atoms with E-state index in [1.165, 1.54) is 51.7 Å². The van der Waals surface area contributed by atoms with Crippen LogP contribution in [0.4, 0.5) is 0 Å². The van der Waals surface area contributed by atoms with E-state index in [2.05, 4.69) is 23.6 Å². The van der Waals surface area contributed by atoms with Crippen LogP contribution in [0.25, 0.3) is 0 Å². The van der Waals surface area contributed by atoms with Crippen molar-refractivity contribution in [3.8, 4) is 0 Å². The van der Waals surface area contributed by atoms with E-state index in [0.29, 0.717) is 0 Å². The first-order valence-corrected chi connectivity index (χ1v) is 7.89. The lowest BCUT2D eigenvalue weighted by atomic mass is 9.93. The fourth-order valence-corrected chi connectivity index (χ4v) is 3.90. The summed E-state index contributed by atoms with van der Waals surface area (Å²) in [6.07, 6.45) is 7.00. The van der Waals surface area contributed by atoms with Gasteiger partial charge in [0.2, 0.25) is 0 Å². The zero-order chi connectivity index (χ0) is 12.8. The van der Waals surface area contributed by atoms with Gasteiger partial charge in [-0.25, -0.2) is 0 Å². The van der Waals surface area contributed by atoms with Crippen LogP contribution < -0.4 is 5.73 Å². The second-order valence-electron chi connectivity index (χ2n) is 6.87. The van der Waals surface area contributed by atoms with Crippen LogP contribution in [0.3, 0.4) is 0 Å². The molecule has 0 aromatic carbocycles. The van der Waals surface area contributed by atoms with Crippen molar-refractivity contribution in [2.45, 2.75) is 63.6 Å². The lowest BCUT2D eigenvalue weighted by molar-refractivity contribution is 0.0979. The van der Waals surface area contributed by atoms with Crippen LogP contribution >= 0.6 is 0 Å². The van der Waals surface area contributed by atoms with Gasteiger partial charge in [-0.1, -0.05) is 6.92 Å². The molecule has 2 N–H and O–H groups in total. The van der Waals surface area contributed by atoms with Crippen LogP contribution in [0.5, 0.6) is 0 Å². The highest BCUT2D eigenvalue weighted by atomic mass is 15.3. The largest absolute Gasteiger partial charge is 0.329 e. The summed E-state index contributed by atoms with van der Waals surface area (Å²) in [6, 6.07) is 1.61. The van der Waals surface area contributed by atoms with Gasteiger partial charge in [-0.05, 0) is 51.5 Å². The average molecular weight is 251 g/mol. The monoisotopic (exact) mass is 251 g/mol. The maximum absolute atomic E-state index is 6.22. The van der Waals surface area contributed by atoms with Gasteiger partial charge in [-0.15, -0.1) is 0 Å². The van der Waals surface area contributed by atoms with E-state index in [1.54, 1.807) is 0 Å². The van der Waals surface area contributed by atoms with Crippen molar-refractivity contribution in [3.63, 3.8) is 0 Å². The molecule has 0 aromatic heterocycles. The Balaban J connectivity index is 1.71. The second kappa shape index (κ2) is 4.77. The predicted octanol–water partition coefficient (Wildman–Crippen LogP) is 1.67. The smallest absolute Gasteiger partial charge is 0.0473 e. The van der Waals surface area contributed by atoms with Gasteiger partial charge in [-0.2, -0.15) is 0 Å². The molecule has 1 saturated heterocycles. The molecule has 0 spiro atoms. The molecule has 104 valence electrons. The molecule has 3 fully saturated rings. The minimum atomic E-state index is 0.277. The number of hydrogen-bond donors (Lipinski definition) is 1. The van der Waals surface area contributed by atoms with E-state index in [9.17, 15) is 0 Å². The zero-order valence-corrected chi connectivity index (χ0v) is 12.1. The summed E-state index contributed by atoms with van der Waals surface area (Å²) in [6.45, 7) is 9.22. The van der Waals surface area contributed by atoms with E-state index in [1.807, 2.05) is 0 Å². The second-order valence-corrected chi connectivity index (χ2v) is 6.87. The Morgan fingerprint density at radius 3 is 2.50 bits per heavy atom. The highest BCUT2D eigenvalue weighted by Crippen LogP contribution is 2.41. The van der Waals surface area contributed by atoms with E-state index in [0.717, 1.165) is 24.5 Å². The molecule has 3 nitrogen and oxygen atoms in total. The Morgan fingerprint density at radius 2 is 2.00 bits per heavy atom. The van der Waals surface area contributed by atoms with Crippen molar-refractivity contribution < 1.29 is 0 Å². The fourth-order valence-electron chi connectivity index (χ4n) is 3.90. The highest BCUT2D eigenvalue weighted by molar-refractivity contribution is 5.07. The van der Waals surface area contributed by atoms with Crippen molar-refractivity contribution in [1.82, 2.24) is 9.80 Å². The number of likely N-dealkylation sites (N-methyl/N-ethyl adjacent to an activating group) is 1. The minimum Gasteiger partial charge on any atom is -0.329 e. The van der Waals surface area contributed by atoms with E-state index >= 15 is 0 Å². The average Bonchev–Trinajstić information content (AvgIpc) is 3.26. The Kier molecular flexibility index (Phi) is 3.41. The van der Waals surface area contributed by atoms with Crippen LogP contribution in [0, 0.1) is 5.92 Å². The number of rotatable bonds is 6. The maximum Gasteiger partial charge on any atom is 0.0473 e. The number of hydrogen-bond acceptors (Lipinski definition) is 3. The molecule has 0 amide bonds. The minimum absolute atomic E-state index is 0.277. The molecule has 2 saturated carbocycles. The van der Waals surface area contributed by atoms with E-state index < -0.39 is 0 Å². The Bertz CT molecular complexity index is 298. The summed E-state index contributed by atoms with van der Waals surface area (Å²) < 4.78 is 0. The summed E-state index contributed by atoms with van der Waals surface area (Å²) in [7, 11) is 0. The van der Waals surface area contributed by atoms with E-state index in [-0.39, 0.29) is 5.54 Å². The summed E-state index contributed by atoms with van der Waals surface area (Å²) in [5, 5.41) is 0. The van der Waals surface area contributed by atoms with Gasteiger partial charge in [0.1, 0.15) is 0 Å². The molecule has 0 bridgehead atoms. The topological polar surface area (TPSA) is 32.5 Å². The van der Waals surface area contributed by atoms with Gasteiger partial charge in [-0.3, -0.25) is 9.80 Å². The maximum atomic E-state index is 6.22. The number of nitrogens with zero attached hydrogens (tertiary/aromatic N) is 2. The normalized spacial score (nSPS) is 37.7. The zero-order valence-electron chi connectivity index (χ0n) is 12.1. The summed E-state index contributed by atoms with van der Waals surface area (Å²) in [5.41, 5.74) is 6.50. The fraction of sp³-hybridized carbons (Fsp3) is 1.00. The molecule has 2 atom stereocenters. The van der Waals surface area contributed by atoms with Gasteiger partial charge in [0, 0.05) is 37.3 Å². The number of likely N-dealkylation sites (tertiary alicyclic amines) is 1. The van der Waals surface area contributed by atoms with Gasteiger partial charge in [0.05, 0.1) is 0 Å². The molecule has 3 rings (SSSR count).